The Kier molecular flexibility index (Phi) is 9.44. The zero-order chi connectivity index (χ0) is 14.8. The van der Waals surface area contributed by atoms with Gasteiger partial charge in [-0.3, -0.25) is 0 Å². The second kappa shape index (κ2) is 10.6. The van der Waals surface area contributed by atoms with Crippen LogP contribution in [-0.4, -0.2) is 74.5 Å². The minimum atomic E-state index is 0.361. The summed E-state index contributed by atoms with van der Waals surface area (Å²) in [6.07, 6.45) is 3.03. The molecule has 0 aliphatic carbocycles. The zero-order valence-corrected chi connectivity index (χ0v) is 13.9. The topological polar surface area (TPSA) is 24.9 Å². The van der Waals surface area contributed by atoms with E-state index in [9.17, 15) is 0 Å². The lowest BCUT2D eigenvalue weighted by atomic mass is 10.2. The van der Waals surface area contributed by atoms with Crippen LogP contribution in [0.25, 0.3) is 0 Å². The maximum Gasteiger partial charge on any atom is 0.0518 e. The standard InChI is InChI=1S/C16H34N2O2/c1-15(2)19-13-5-7-17-9-11-18(12-10-17)8-6-14-20-16(3)4/h15-16H,5-14H2,1-4H3. The van der Waals surface area contributed by atoms with Crippen LogP contribution in [0.15, 0.2) is 0 Å². The van der Waals surface area contributed by atoms with Crippen molar-refractivity contribution < 1.29 is 9.47 Å². The zero-order valence-electron chi connectivity index (χ0n) is 13.9. The molecule has 1 aliphatic rings. The predicted molar refractivity (Wildman–Crippen MR) is 84.3 cm³/mol. The van der Waals surface area contributed by atoms with Gasteiger partial charge in [-0.2, -0.15) is 0 Å². The van der Waals surface area contributed by atoms with Crippen LogP contribution in [0, 0.1) is 0 Å². The Hall–Kier alpha value is -0.160. The molecule has 0 radical (unpaired) electrons. The van der Waals surface area contributed by atoms with Crippen molar-refractivity contribution in [2.45, 2.75) is 52.7 Å². The van der Waals surface area contributed by atoms with Crippen molar-refractivity contribution in [1.82, 2.24) is 9.80 Å². The fraction of sp³-hybridized carbons (Fsp3) is 1.00. The maximum absolute atomic E-state index is 5.59. The summed E-state index contributed by atoms with van der Waals surface area (Å²) in [5.74, 6) is 0. The van der Waals surface area contributed by atoms with Gasteiger partial charge in [0.15, 0.2) is 0 Å². The molecule has 20 heavy (non-hydrogen) atoms. The molecular weight excluding hydrogens is 252 g/mol. The van der Waals surface area contributed by atoms with Crippen LogP contribution in [0.5, 0.6) is 0 Å². The fourth-order valence-electron chi connectivity index (χ4n) is 2.45. The van der Waals surface area contributed by atoms with Crippen molar-refractivity contribution in [3.05, 3.63) is 0 Å². The lowest BCUT2D eigenvalue weighted by Crippen LogP contribution is -2.47. The first kappa shape index (κ1) is 17.9. The quantitative estimate of drug-likeness (QED) is 0.575. The van der Waals surface area contributed by atoms with E-state index in [4.69, 9.17) is 9.47 Å². The van der Waals surface area contributed by atoms with E-state index in [-0.39, 0.29) is 0 Å². The number of rotatable bonds is 10. The highest BCUT2D eigenvalue weighted by Gasteiger charge is 2.15. The lowest BCUT2D eigenvalue weighted by molar-refractivity contribution is 0.0555. The molecule has 0 amide bonds. The van der Waals surface area contributed by atoms with Crippen molar-refractivity contribution in [2.75, 3.05) is 52.5 Å². The first-order chi connectivity index (χ1) is 9.58. The number of piperazine rings is 1. The summed E-state index contributed by atoms with van der Waals surface area (Å²) < 4.78 is 11.2. The molecule has 4 nitrogen and oxygen atoms in total. The Labute approximate surface area is 125 Å². The van der Waals surface area contributed by atoms with Gasteiger partial charge in [-0.1, -0.05) is 0 Å². The largest absolute Gasteiger partial charge is 0.379 e. The first-order valence-corrected chi connectivity index (χ1v) is 8.26. The minimum Gasteiger partial charge on any atom is -0.379 e. The van der Waals surface area contributed by atoms with Gasteiger partial charge in [0.05, 0.1) is 12.2 Å². The van der Waals surface area contributed by atoms with Crippen molar-refractivity contribution in [2.24, 2.45) is 0 Å². The fourth-order valence-corrected chi connectivity index (χ4v) is 2.45. The number of hydrogen-bond acceptors (Lipinski definition) is 4. The summed E-state index contributed by atoms with van der Waals surface area (Å²) in [6.45, 7) is 17.3. The molecule has 1 aliphatic heterocycles. The van der Waals surface area contributed by atoms with Crippen LogP contribution in [0.2, 0.25) is 0 Å². The summed E-state index contributed by atoms with van der Waals surface area (Å²) in [7, 11) is 0. The molecule has 1 heterocycles. The minimum absolute atomic E-state index is 0.361. The average molecular weight is 286 g/mol. The molecule has 4 heteroatoms. The molecule has 1 rings (SSSR count). The van der Waals surface area contributed by atoms with E-state index in [2.05, 4.69) is 37.5 Å². The number of ether oxygens (including phenoxy) is 2. The van der Waals surface area contributed by atoms with E-state index in [1.165, 1.54) is 39.3 Å². The van der Waals surface area contributed by atoms with E-state index in [0.29, 0.717) is 12.2 Å². The average Bonchev–Trinajstić information content (AvgIpc) is 2.41. The van der Waals surface area contributed by atoms with Gasteiger partial charge in [0.1, 0.15) is 0 Å². The van der Waals surface area contributed by atoms with Gasteiger partial charge in [0, 0.05) is 52.5 Å². The van der Waals surface area contributed by atoms with Crippen molar-refractivity contribution >= 4 is 0 Å². The Morgan fingerprint density at radius 2 is 1.05 bits per heavy atom. The molecule has 0 spiro atoms. The molecule has 1 fully saturated rings. The van der Waals surface area contributed by atoms with E-state index in [0.717, 1.165) is 26.1 Å². The molecule has 0 unspecified atom stereocenters. The van der Waals surface area contributed by atoms with E-state index >= 15 is 0 Å². The van der Waals surface area contributed by atoms with Crippen LogP contribution in [-0.2, 0) is 9.47 Å². The Morgan fingerprint density at radius 1 is 0.700 bits per heavy atom. The molecule has 0 aromatic rings. The highest BCUT2D eigenvalue weighted by molar-refractivity contribution is 4.71. The van der Waals surface area contributed by atoms with Crippen LogP contribution in [0.3, 0.4) is 0 Å². The van der Waals surface area contributed by atoms with Crippen LogP contribution < -0.4 is 0 Å². The second-order valence-corrected chi connectivity index (χ2v) is 6.23. The number of hydrogen-bond donors (Lipinski definition) is 0. The molecule has 1 saturated heterocycles. The van der Waals surface area contributed by atoms with Gasteiger partial charge in [-0.25, -0.2) is 0 Å². The number of nitrogens with zero attached hydrogens (tertiary/aromatic N) is 2. The third kappa shape index (κ3) is 8.90. The molecule has 0 aromatic carbocycles. The summed E-state index contributed by atoms with van der Waals surface area (Å²) in [6, 6.07) is 0. The Balaban J connectivity index is 1.97. The summed E-state index contributed by atoms with van der Waals surface area (Å²) >= 11 is 0. The molecule has 120 valence electrons. The lowest BCUT2D eigenvalue weighted by Gasteiger charge is -2.34. The maximum atomic E-state index is 5.59. The van der Waals surface area contributed by atoms with E-state index in [1.807, 2.05) is 0 Å². The van der Waals surface area contributed by atoms with Crippen molar-refractivity contribution in [1.29, 1.82) is 0 Å². The monoisotopic (exact) mass is 286 g/mol. The van der Waals surface area contributed by atoms with Crippen LogP contribution in [0.4, 0.5) is 0 Å². The molecular formula is C16H34N2O2. The van der Waals surface area contributed by atoms with Gasteiger partial charge in [0.2, 0.25) is 0 Å². The normalized spacial score (nSPS) is 18.3. The molecule has 0 N–H and O–H groups in total. The van der Waals surface area contributed by atoms with E-state index < -0.39 is 0 Å². The third-order valence-corrected chi connectivity index (χ3v) is 3.60. The first-order valence-electron chi connectivity index (χ1n) is 8.26. The van der Waals surface area contributed by atoms with E-state index in [1.54, 1.807) is 0 Å². The van der Waals surface area contributed by atoms with Crippen LogP contribution >= 0.6 is 0 Å². The Morgan fingerprint density at radius 3 is 1.35 bits per heavy atom. The van der Waals surface area contributed by atoms with Gasteiger partial charge in [-0.15, -0.1) is 0 Å². The predicted octanol–water partition coefficient (Wildman–Crippen LogP) is 2.23. The SMILES string of the molecule is CC(C)OCCCN1CCN(CCCOC(C)C)CC1. The van der Waals surface area contributed by atoms with Gasteiger partial charge in [-0.05, 0) is 40.5 Å². The molecule has 0 aromatic heterocycles. The highest BCUT2D eigenvalue weighted by Crippen LogP contribution is 2.04. The molecule has 0 saturated carbocycles. The third-order valence-electron chi connectivity index (χ3n) is 3.60. The summed E-state index contributed by atoms with van der Waals surface area (Å²) in [4.78, 5) is 5.12. The van der Waals surface area contributed by atoms with Crippen molar-refractivity contribution in [3.8, 4) is 0 Å². The van der Waals surface area contributed by atoms with Crippen molar-refractivity contribution in [3.63, 3.8) is 0 Å². The van der Waals surface area contributed by atoms with Gasteiger partial charge >= 0.3 is 0 Å². The molecule has 0 atom stereocenters. The van der Waals surface area contributed by atoms with Gasteiger partial charge in [0.25, 0.3) is 0 Å². The summed E-state index contributed by atoms with van der Waals surface area (Å²) in [5.41, 5.74) is 0. The van der Waals surface area contributed by atoms with Gasteiger partial charge < -0.3 is 19.3 Å². The second-order valence-electron chi connectivity index (χ2n) is 6.23. The summed E-state index contributed by atoms with van der Waals surface area (Å²) in [5, 5.41) is 0. The Bertz CT molecular complexity index is 203. The smallest absolute Gasteiger partial charge is 0.0518 e. The van der Waals surface area contributed by atoms with Crippen LogP contribution in [0.1, 0.15) is 40.5 Å². The molecule has 0 bridgehead atoms. The highest BCUT2D eigenvalue weighted by atomic mass is 16.5.